The summed E-state index contributed by atoms with van der Waals surface area (Å²) in [6.45, 7) is 4.09. The topological polar surface area (TPSA) is 110 Å². The van der Waals surface area contributed by atoms with Gasteiger partial charge in [0.25, 0.3) is 0 Å². The molecule has 0 aliphatic rings. The highest BCUT2D eigenvalue weighted by Crippen LogP contribution is 2.19. The molecular weight excluding hydrogens is 887 g/mol. The average molecular weight is 1020 g/mol. The Morgan fingerprint density at radius 2 is 0.583 bits per heavy atom. The molecule has 72 heavy (non-hydrogen) atoms. The number of allylic oxidation sites excluding steroid dienone is 4. The van der Waals surface area contributed by atoms with Crippen LogP contribution < -0.4 is 5.32 Å². The zero-order chi connectivity index (χ0) is 52.3. The molecule has 1 amide bonds. The average Bonchev–Trinajstić information content (AvgIpc) is 3.39. The molecule has 0 bridgehead atoms. The number of rotatable bonds is 61. The number of aliphatic hydroxyl groups is 4. The van der Waals surface area contributed by atoms with Crippen LogP contribution in [0.1, 0.15) is 361 Å². The Hall–Kier alpha value is -1.21. The second-order valence-electron chi connectivity index (χ2n) is 22.8. The van der Waals surface area contributed by atoms with Crippen molar-refractivity contribution in [3.8, 4) is 0 Å². The standard InChI is InChI=1S/C66H129NO5/c1-3-5-7-9-11-13-15-17-19-21-23-25-27-28-29-30-31-32-33-34-35-36-37-38-40-42-44-46-48-50-52-54-56-58-60-64(70)66(72)67-62(61-68)65(71)63(69)59-57-55-53-51-49-47-45-43-41-39-26-24-22-20-18-16-14-12-10-8-6-4-2/h43,45,51,53,62-65,68-71H,3-42,44,46-50,52,54-61H2,1-2H3,(H,67,72)/b45-43+,53-51+. The van der Waals surface area contributed by atoms with Gasteiger partial charge in [0.05, 0.1) is 18.8 Å². The minimum Gasteiger partial charge on any atom is -0.394 e. The molecule has 0 fully saturated rings. The second-order valence-corrected chi connectivity index (χ2v) is 22.8. The van der Waals surface area contributed by atoms with Crippen molar-refractivity contribution in [3.63, 3.8) is 0 Å². The molecule has 0 radical (unpaired) electrons. The van der Waals surface area contributed by atoms with Crippen LogP contribution in [0.3, 0.4) is 0 Å². The van der Waals surface area contributed by atoms with Crippen LogP contribution in [-0.4, -0.2) is 57.3 Å². The highest BCUT2D eigenvalue weighted by Gasteiger charge is 2.28. The number of hydrogen-bond donors (Lipinski definition) is 5. The minimum atomic E-state index is -1.29. The molecule has 428 valence electrons. The third-order valence-corrected chi connectivity index (χ3v) is 15.6. The van der Waals surface area contributed by atoms with Gasteiger partial charge in [-0.05, 0) is 51.4 Å². The van der Waals surface area contributed by atoms with E-state index in [0.29, 0.717) is 19.3 Å². The van der Waals surface area contributed by atoms with E-state index >= 15 is 0 Å². The summed E-state index contributed by atoms with van der Waals surface area (Å²) in [5.74, 6) is -0.590. The molecule has 0 saturated heterocycles. The van der Waals surface area contributed by atoms with E-state index in [1.54, 1.807) is 0 Å². The molecule has 0 rings (SSSR count). The van der Waals surface area contributed by atoms with Gasteiger partial charge in [0.2, 0.25) is 5.91 Å². The summed E-state index contributed by atoms with van der Waals surface area (Å²) in [6, 6.07) is -1.01. The van der Waals surface area contributed by atoms with Gasteiger partial charge in [-0.1, -0.05) is 334 Å². The summed E-state index contributed by atoms with van der Waals surface area (Å²) in [7, 11) is 0. The van der Waals surface area contributed by atoms with Gasteiger partial charge >= 0.3 is 0 Å². The monoisotopic (exact) mass is 1020 g/mol. The van der Waals surface area contributed by atoms with E-state index in [1.807, 2.05) is 0 Å². The van der Waals surface area contributed by atoms with Gasteiger partial charge in [0, 0.05) is 0 Å². The summed E-state index contributed by atoms with van der Waals surface area (Å²) < 4.78 is 0. The van der Waals surface area contributed by atoms with Crippen LogP contribution in [0.5, 0.6) is 0 Å². The molecule has 0 aromatic carbocycles. The Morgan fingerprint density at radius 3 is 0.875 bits per heavy atom. The fraction of sp³-hybridized carbons (Fsp3) is 0.924. The Labute approximate surface area is 450 Å². The fourth-order valence-electron chi connectivity index (χ4n) is 10.5. The number of unbranched alkanes of at least 4 members (excludes halogenated alkanes) is 48. The first-order chi connectivity index (χ1) is 35.5. The van der Waals surface area contributed by atoms with Crippen molar-refractivity contribution in [2.75, 3.05) is 6.61 Å². The summed E-state index contributed by atoms with van der Waals surface area (Å²) in [6.07, 6.45) is 75.8. The van der Waals surface area contributed by atoms with E-state index < -0.39 is 36.9 Å². The molecule has 5 N–H and O–H groups in total. The maximum atomic E-state index is 12.6. The summed E-state index contributed by atoms with van der Waals surface area (Å²) >= 11 is 0. The number of hydrogen-bond acceptors (Lipinski definition) is 5. The van der Waals surface area contributed by atoms with Crippen molar-refractivity contribution in [2.24, 2.45) is 0 Å². The first kappa shape index (κ1) is 70.8. The highest BCUT2D eigenvalue weighted by atomic mass is 16.3. The number of amides is 1. The minimum absolute atomic E-state index is 0.365. The normalized spacial score (nSPS) is 13.7. The number of carbonyl (C=O) groups excluding carboxylic acids is 1. The van der Waals surface area contributed by atoms with Gasteiger partial charge in [-0.25, -0.2) is 0 Å². The van der Waals surface area contributed by atoms with Gasteiger partial charge in [0.1, 0.15) is 12.2 Å². The lowest BCUT2D eigenvalue weighted by Crippen LogP contribution is -2.53. The Balaban J connectivity index is 3.56. The molecule has 0 aromatic heterocycles. The van der Waals surface area contributed by atoms with Crippen molar-refractivity contribution in [2.45, 2.75) is 385 Å². The zero-order valence-corrected chi connectivity index (χ0v) is 48.7. The first-order valence-corrected chi connectivity index (χ1v) is 32.7. The van der Waals surface area contributed by atoms with Gasteiger partial charge in [-0.2, -0.15) is 0 Å². The van der Waals surface area contributed by atoms with Crippen LogP contribution in [0.25, 0.3) is 0 Å². The van der Waals surface area contributed by atoms with E-state index in [0.717, 1.165) is 38.5 Å². The third kappa shape index (κ3) is 53.6. The lowest BCUT2D eigenvalue weighted by Gasteiger charge is -2.27. The maximum absolute atomic E-state index is 12.6. The van der Waals surface area contributed by atoms with Crippen molar-refractivity contribution in [3.05, 3.63) is 24.3 Å². The quantitative estimate of drug-likeness (QED) is 0.0308. The second kappa shape index (κ2) is 60.7. The predicted molar refractivity (Wildman–Crippen MR) is 316 cm³/mol. The van der Waals surface area contributed by atoms with E-state index in [9.17, 15) is 25.2 Å². The highest BCUT2D eigenvalue weighted by molar-refractivity contribution is 5.80. The molecule has 0 spiro atoms. The molecule has 0 saturated carbocycles. The van der Waals surface area contributed by atoms with E-state index in [1.165, 1.54) is 289 Å². The van der Waals surface area contributed by atoms with Crippen molar-refractivity contribution < 1.29 is 25.2 Å². The van der Waals surface area contributed by atoms with E-state index in [2.05, 4.69) is 43.5 Å². The van der Waals surface area contributed by atoms with Gasteiger partial charge in [-0.3, -0.25) is 4.79 Å². The van der Waals surface area contributed by atoms with Crippen LogP contribution >= 0.6 is 0 Å². The van der Waals surface area contributed by atoms with Crippen LogP contribution in [0.4, 0.5) is 0 Å². The fourth-order valence-corrected chi connectivity index (χ4v) is 10.5. The van der Waals surface area contributed by atoms with Crippen LogP contribution in [0.15, 0.2) is 24.3 Å². The zero-order valence-electron chi connectivity index (χ0n) is 48.7. The Bertz CT molecular complexity index is 1100. The lowest BCUT2D eigenvalue weighted by atomic mass is 10.00. The summed E-state index contributed by atoms with van der Waals surface area (Å²) in [4.78, 5) is 12.6. The maximum Gasteiger partial charge on any atom is 0.249 e. The van der Waals surface area contributed by atoms with Gasteiger partial charge in [-0.15, -0.1) is 0 Å². The molecule has 0 aliphatic heterocycles. The van der Waals surface area contributed by atoms with Gasteiger partial charge < -0.3 is 25.7 Å². The SMILES string of the molecule is CCCCCCCCCCCCCCC/C=C/CC/C=C/CCCC(O)C(O)C(CO)NC(=O)C(O)CCCCCCCCCCCCCCCCCCCCCCCCCCCCCCCCCCCC. The Morgan fingerprint density at radius 1 is 0.333 bits per heavy atom. The van der Waals surface area contributed by atoms with E-state index in [-0.39, 0.29) is 0 Å². The molecule has 0 heterocycles. The predicted octanol–water partition coefficient (Wildman–Crippen LogP) is 19.8. The molecular formula is C66H129NO5. The molecule has 6 heteroatoms. The van der Waals surface area contributed by atoms with Crippen LogP contribution in [0.2, 0.25) is 0 Å². The summed E-state index contributed by atoms with van der Waals surface area (Å²) in [5, 5.41) is 44.1. The third-order valence-electron chi connectivity index (χ3n) is 15.6. The van der Waals surface area contributed by atoms with Crippen molar-refractivity contribution >= 4 is 5.91 Å². The molecule has 4 atom stereocenters. The number of nitrogens with one attached hydrogen (secondary N) is 1. The Kier molecular flexibility index (Phi) is 59.6. The molecule has 4 unspecified atom stereocenters. The first-order valence-electron chi connectivity index (χ1n) is 32.7. The summed E-state index contributed by atoms with van der Waals surface area (Å²) in [5.41, 5.74) is 0. The molecule has 0 aliphatic carbocycles. The lowest BCUT2D eigenvalue weighted by molar-refractivity contribution is -0.132. The van der Waals surface area contributed by atoms with Crippen LogP contribution in [0, 0.1) is 0 Å². The smallest absolute Gasteiger partial charge is 0.249 e. The number of aliphatic hydroxyl groups excluding tert-OH is 4. The molecule has 0 aromatic rings. The van der Waals surface area contributed by atoms with Gasteiger partial charge in [0.15, 0.2) is 0 Å². The van der Waals surface area contributed by atoms with Crippen molar-refractivity contribution in [1.29, 1.82) is 0 Å². The molecule has 6 nitrogen and oxygen atoms in total. The van der Waals surface area contributed by atoms with Crippen molar-refractivity contribution in [1.82, 2.24) is 5.32 Å². The van der Waals surface area contributed by atoms with E-state index in [4.69, 9.17) is 0 Å². The largest absolute Gasteiger partial charge is 0.394 e. The van der Waals surface area contributed by atoms with Crippen LogP contribution in [-0.2, 0) is 4.79 Å². The number of carbonyl (C=O) groups is 1.